The maximum Gasteiger partial charge on any atom is 0.250 e. The first-order valence-corrected chi connectivity index (χ1v) is 9.09. The standard InChI is InChI=1S/C14H20N2O3S2/c1-11(10-12-4-3-9-19-12)16-21(17,18)14-6-5-13(20-14)7-8-15-2/h3-6,9,11,15-16H,7-8,10H2,1-2H3. The molecule has 5 nitrogen and oxygen atoms in total. The molecular weight excluding hydrogens is 308 g/mol. The van der Waals surface area contributed by atoms with Gasteiger partial charge in [-0.25, -0.2) is 13.1 Å². The molecule has 0 amide bonds. The van der Waals surface area contributed by atoms with E-state index in [1.165, 1.54) is 11.3 Å². The molecule has 7 heteroatoms. The topological polar surface area (TPSA) is 71.3 Å². The molecule has 0 saturated carbocycles. The van der Waals surface area contributed by atoms with E-state index in [1.807, 2.05) is 26.1 Å². The molecule has 0 aliphatic rings. The van der Waals surface area contributed by atoms with E-state index in [4.69, 9.17) is 4.42 Å². The van der Waals surface area contributed by atoms with Crippen molar-refractivity contribution in [1.82, 2.24) is 10.0 Å². The molecule has 0 radical (unpaired) electrons. The summed E-state index contributed by atoms with van der Waals surface area (Å²) in [6, 6.07) is 6.95. The molecule has 1 atom stereocenters. The summed E-state index contributed by atoms with van der Waals surface area (Å²) in [7, 11) is -1.58. The van der Waals surface area contributed by atoms with Crippen LogP contribution in [-0.2, 0) is 22.9 Å². The van der Waals surface area contributed by atoms with Crippen LogP contribution >= 0.6 is 11.3 Å². The van der Waals surface area contributed by atoms with Crippen LogP contribution in [0, 0.1) is 0 Å². The highest BCUT2D eigenvalue weighted by Gasteiger charge is 2.20. The van der Waals surface area contributed by atoms with Gasteiger partial charge in [0.05, 0.1) is 6.26 Å². The molecule has 0 aromatic carbocycles. The summed E-state index contributed by atoms with van der Waals surface area (Å²) in [5.74, 6) is 0.770. The third-order valence-electron chi connectivity index (χ3n) is 2.97. The van der Waals surface area contributed by atoms with Gasteiger partial charge >= 0.3 is 0 Å². The van der Waals surface area contributed by atoms with Crippen molar-refractivity contribution < 1.29 is 12.8 Å². The Balaban J connectivity index is 1.98. The Bertz CT molecular complexity index is 648. The lowest BCUT2D eigenvalue weighted by Gasteiger charge is -2.11. The van der Waals surface area contributed by atoms with E-state index in [0.717, 1.165) is 23.6 Å². The van der Waals surface area contributed by atoms with Crippen LogP contribution < -0.4 is 10.0 Å². The molecule has 0 spiro atoms. The first-order valence-electron chi connectivity index (χ1n) is 6.79. The van der Waals surface area contributed by atoms with Gasteiger partial charge in [-0.2, -0.15) is 0 Å². The average Bonchev–Trinajstić information content (AvgIpc) is 3.06. The third kappa shape index (κ3) is 4.67. The second kappa shape index (κ2) is 7.22. The molecule has 21 heavy (non-hydrogen) atoms. The number of nitrogens with one attached hydrogen (secondary N) is 2. The lowest BCUT2D eigenvalue weighted by molar-refractivity contribution is 0.479. The minimum absolute atomic E-state index is 0.219. The van der Waals surface area contributed by atoms with Crippen LogP contribution in [0.3, 0.4) is 0 Å². The van der Waals surface area contributed by atoms with E-state index < -0.39 is 10.0 Å². The van der Waals surface area contributed by atoms with Gasteiger partial charge in [0.15, 0.2) is 0 Å². The largest absolute Gasteiger partial charge is 0.469 e. The van der Waals surface area contributed by atoms with Crippen LogP contribution in [0.1, 0.15) is 17.6 Å². The highest BCUT2D eigenvalue weighted by atomic mass is 32.2. The SMILES string of the molecule is CNCCc1ccc(S(=O)(=O)NC(C)Cc2ccco2)s1. The van der Waals surface area contributed by atoms with Crippen LogP contribution in [0.15, 0.2) is 39.2 Å². The van der Waals surface area contributed by atoms with Crippen LogP contribution in [0.2, 0.25) is 0 Å². The molecule has 0 aliphatic carbocycles. The van der Waals surface area contributed by atoms with E-state index in [0.29, 0.717) is 10.6 Å². The zero-order valence-corrected chi connectivity index (χ0v) is 13.8. The van der Waals surface area contributed by atoms with Gasteiger partial charge in [-0.15, -0.1) is 11.3 Å². The molecule has 2 rings (SSSR count). The molecule has 0 saturated heterocycles. The van der Waals surface area contributed by atoms with Crippen LogP contribution in [0.4, 0.5) is 0 Å². The Morgan fingerprint density at radius 2 is 2.14 bits per heavy atom. The first kappa shape index (κ1) is 16.2. The maximum absolute atomic E-state index is 12.3. The summed E-state index contributed by atoms with van der Waals surface area (Å²) < 4.78 is 32.9. The summed E-state index contributed by atoms with van der Waals surface area (Å²) in [5.41, 5.74) is 0. The normalized spacial score (nSPS) is 13.4. The molecule has 0 aliphatic heterocycles. The van der Waals surface area contributed by atoms with Gasteiger partial charge in [0.25, 0.3) is 0 Å². The molecule has 2 aromatic rings. The summed E-state index contributed by atoms with van der Waals surface area (Å²) >= 11 is 1.32. The molecule has 2 aromatic heterocycles. The predicted octanol–water partition coefficient (Wildman–Crippen LogP) is 2.01. The van der Waals surface area contributed by atoms with Gasteiger partial charge < -0.3 is 9.73 Å². The fraction of sp³-hybridized carbons (Fsp3) is 0.429. The van der Waals surface area contributed by atoms with Crippen molar-refractivity contribution in [3.05, 3.63) is 41.2 Å². The minimum Gasteiger partial charge on any atom is -0.469 e. The Hall–Kier alpha value is -1.15. The zero-order chi connectivity index (χ0) is 15.3. The lowest BCUT2D eigenvalue weighted by atomic mass is 10.2. The Labute approximate surface area is 129 Å². The maximum atomic E-state index is 12.3. The zero-order valence-electron chi connectivity index (χ0n) is 12.1. The van der Waals surface area contributed by atoms with Gasteiger partial charge in [-0.05, 0) is 51.2 Å². The van der Waals surface area contributed by atoms with E-state index in [1.54, 1.807) is 18.4 Å². The first-order chi connectivity index (χ1) is 10.0. The second-order valence-corrected chi connectivity index (χ2v) is 7.99. The minimum atomic E-state index is -3.46. The fourth-order valence-electron chi connectivity index (χ4n) is 1.98. The van der Waals surface area contributed by atoms with E-state index in [9.17, 15) is 8.42 Å². The lowest BCUT2D eigenvalue weighted by Crippen LogP contribution is -2.33. The van der Waals surface area contributed by atoms with Crippen molar-refractivity contribution in [2.45, 2.75) is 30.0 Å². The fourth-order valence-corrected chi connectivity index (χ4v) is 4.60. The summed E-state index contributed by atoms with van der Waals surface area (Å²) in [5, 5.41) is 3.05. The predicted molar refractivity (Wildman–Crippen MR) is 84.1 cm³/mol. The van der Waals surface area contributed by atoms with Gasteiger partial charge in [0.1, 0.15) is 9.97 Å². The third-order valence-corrected chi connectivity index (χ3v) is 6.19. The number of rotatable bonds is 8. The van der Waals surface area contributed by atoms with Crippen molar-refractivity contribution in [2.24, 2.45) is 0 Å². The van der Waals surface area contributed by atoms with Crippen molar-refractivity contribution in [3.8, 4) is 0 Å². The second-order valence-electron chi connectivity index (χ2n) is 4.88. The summed E-state index contributed by atoms with van der Waals surface area (Å²) in [4.78, 5) is 1.06. The van der Waals surface area contributed by atoms with Crippen molar-refractivity contribution in [1.29, 1.82) is 0 Å². The number of thiophene rings is 1. The smallest absolute Gasteiger partial charge is 0.250 e. The van der Waals surface area contributed by atoms with E-state index >= 15 is 0 Å². The van der Waals surface area contributed by atoms with Crippen LogP contribution in [0.5, 0.6) is 0 Å². The Kier molecular flexibility index (Phi) is 5.58. The van der Waals surface area contributed by atoms with Crippen molar-refractivity contribution in [3.63, 3.8) is 0 Å². The number of hydrogen-bond donors (Lipinski definition) is 2. The van der Waals surface area contributed by atoms with Gasteiger partial charge in [-0.3, -0.25) is 0 Å². The molecule has 0 bridgehead atoms. The molecule has 1 unspecified atom stereocenters. The number of furan rings is 1. The number of likely N-dealkylation sites (N-methyl/N-ethyl adjacent to an activating group) is 1. The number of hydrogen-bond acceptors (Lipinski definition) is 5. The highest BCUT2D eigenvalue weighted by Crippen LogP contribution is 2.22. The van der Waals surface area contributed by atoms with Crippen molar-refractivity contribution >= 4 is 21.4 Å². The highest BCUT2D eigenvalue weighted by molar-refractivity contribution is 7.91. The average molecular weight is 328 g/mol. The molecule has 2 N–H and O–H groups in total. The molecule has 116 valence electrons. The monoisotopic (exact) mass is 328 g/mol. The van der Waals surface area contributed by atoms with Crippen molar-refractivity contribution in [2.75, 3.05) is 13.6 Å². The quantitative estimate of drug-likeness (QED) is 0.778. The molecule has 0 fully saturated rings. The van der Waals surface area contributed by atoms with Crippen LogP contribution in [0.25, 0.3) is 0 Å². The summed E-state index contributed by atoms with van der Waals surface area (Å²) in [6.45, 7) is 2.66. The molecule has 2 heterocycles. The Morgan fingerprint density at radius 3 is 2.81 bits per heavy atom. The Morgan fingerprint density at radius 1 is 1.33 bits per heavy atom. The van der Waals surface area contributed by atoms with Gasteiger partial charge in [0, 0.05) is 17.3 Å². The van der Waals surface area contributed by atoms with E-state index in [2.05, 4.69) is 10.0 Å². The van der Waals surface area contributed by atoms with Gasteiger partial charge in [0.2, 0.25) is 10.0 Å². The van der Waals surface area contributed by atoms with E-state index in [-0.39, 0.29) is 6.04 Å². The number of sulfonamides is 1. The molecular formula is C14H20N2O3S2. The van der Waals surface area contributed by atoms with Gasteiger partial charge in [-0.1, -0.05) is 0 Å². The van der Waals surface area contributed by atoms with Crippen LogP contribution in [-0.4, -0.2) is 28.1 Å². The summed E-state index contributed by atoms with van der Waals surface area (Å²) in [6.07, 6.45) is 2.95.